The number of rotatable bonds is 1. The summed E-state index contributed by atoms with van der Waals surface area (Å²) in [5, 5.41) is 0.794. The highest BCUT2D eigenvalue weighted by molar-refractivity contribution is 7.16. The molecule has 0 aliphatic carbocycles. The number of hydrogen-bond acceptors (Lipinski definition) is 4. The molecule has 1 aromatic heterocycles. The average Bonchev–Trinajstić information content (AvgIpc) is 2.42. The fourth-order valence-electron chi connectivity index (χ4n) is 1.77. The molecule has 3 nitrogen and oxygen atoms in total. The van der Waals surface area contributed by atoms with Gasteiger partial charge in [0, 0.05) is 18.0 Å². The van der Waals surface area contributed by atoms with E-state index in [1.54, 1.807) is 11.3 Å². The van der Waals surface area contributed by atoms with Crippen LogP contribution in [0.4, 0.5) is 10.7 Å². The topological polar surface area (TPSA) is 55.3 Å². The van der Waals surface area contributed by atoms with Crippen molar-refractivity contribution in [1.29, 1.82) is 0 Å². The first-order chi connectivity index (χ1) is 6.22. The van der Waals surface area contributed by atoms with Crippen molar-refractivity contribution >= 4 is 22.0 Å². The Morgan fingerprint density at radius 3 is 2.92 bits per heavy atom. The Labute approximate surface area is 82.3 Å². The van der Waals surface area contributed by atoms with Crippen molar-refractivity contribution in [2.75, 3.05) is 24.6 Å². The lowest BCUT2D eigenvalue weighted by atomic mass is 10.1. The second-order valence-corrected chi connectivity index (χ2v) is 4.54. The average molecular weight is 197 g/mol. The number of hydrogen-bond donors (Lipinski definition) is 2. The van der Waals surface area contributed by atoms with Crippen LogP contribution in [0.5, 0.6) is 0 Å². The van der Waals surface area contributed by atoms with Crippen molar-refractivity contribution in [2.24, 2.45) is 0 Å². The molecule has 1 aromatic rings. The lowest BCUT2D eigenvalue weighted by Gasteiger charge is -2.25. The first-order valence-electron chi connectivity index (χ1n) is 4.60. The number of nitrogen functional groups attached to an aromatic ring is 2. The van der Waals surface area contributed by atoms with E-state index < -0.39 is 0 Å². The molecule has 0 atom stereocenters. The summed E-state index contributed by atoms with van der Waals surface area (Å²) in [5.74, 6) is 0. The monoisotopic (exact) mass is 197 g/mol. The summed E-state index contributed by atoms with van der Waals surface area (Å²) in [5.41, 5.74) is 13.8. The predicted molar refractivity (Wildman–Crippen MR) is 57.8 cm³/mol. The summed E-state index contributed by atoms with van der Waals surface area (Å²) in [6.45, 7) is 5.43. The molecule has 2 rings (SSSR count). The van der Waals surface area contributed by atoms with Gasteiger partial charge < -0.3 is 11.5 Å². The van der Waals surface area contributed by atoms with Gasteiger partial charge in [-0.15, -0.1) is 11.3 Å². The molecule has 0 aromatic carbocycles. The van der Waals surface area contributed by atoms with Crippen molar-refractivity contribution in [1.82, 2.24) is 4.90 Å². The van der Waals surface area contributed by atoms with Crippen LogP contribution in [0.3, 0.4) is 0 Å². The van der Waals surface area contributed by atoms with Gasteiger partial charge in [-0.25, -0.2) is 0 Å². The van der Waals surface area contributed by atoms with Gasteiger partial charge in [0.2, 0.25) is 0 Å². The Morgan fingerprint density at radius 2 is 2.23 bits per heavy atom. The third kappa shape index (κ3) is 1.40. The van der Waals surface area contributed by atoms with E-state index in [0.717, 1.165) is 36.7 Å². The van der Waals surface area contributed by atoms with E-state index in [1.165, 1.54) is 10.4 Å². The summed E-state index contributed by atoms with van der Waals surface area (Å²) >= 11 is 1.65. The molecule has 1 aliphatic heterocycles. The number of likely N-dealkylation sites (N-methyl/N-ethyl adjacent to an activating group) is 1. The van der Waals surface area contributed by atoms with E-state index in [-0.39, 0.29) is 0 Å². The van der Waals surface area contributed by atoms with Crippen LogP contribution in [0.2, 0.25) is 0 Å². The third-order valence-corrected chi connectivity index (χ3v) is 3.71. The summed E-state index contributed by atoms with van der Waals surface area (Å²) in [7, 11) is 0. The normalized spacial score (nSPS) is 17.3. The minimum absolute atomic E-state index is 0.794. The van der Waals surface area contributed by atoms with Crippen LogP contribution in [0.1, 0.15) is 17.4 Å². The first-order valence-corrected chi connectivity index (χ1v) is 5.41. The van der Waals surface area contributed by atoms with Crippen molar-refractivity contribution in [3.8, 4) is 0 Å². The van der Waals surface area contributed by atoms with Gasteiger partial charge in [0.25, 0.3) is 0 Å². The van der Waals surface area contributed by atoms with Gasteiger partial charge in [-0.2, -0.15) is 0 Å². The SMILES string of the molecule is CCN1CCc2c(sc(N)c2N)C1. The fourth-order valence-corrected chi connectivity index (χ4v) is 2.85. The Balaban J connectivity index is 2.31. The van der Waals surface area contributed by atoms with E-state index >= 15 is 0 Å². The molecule has 1 aliphatic rings. The van der Waals surface area contributed by atoms with Crippen LogP contribution in [-0.2, 0) is 13.0 Å². The largest absolute Gasteiger partial charge is 0.396 e. The minimum atomic E-state index is 0.794. The molecule has 0 bridgehead atoms. The molecule has 0 spiro atoms. The van der Waals surface area contributed by atoms with E-state index in [4.69, 9.17) is 11.5 Å². The predicted octanol–water partition coefficient (Wildman–Crippen LogP) is 1.29. The van der Waals surface area contributed by atoms with Gasteiger partial charge in [-0.1, -0.05) is 6.92 Å². The highest BCUT2D eigenvalue weighted by atomic mass is 32.1. The highest BCUT2D eigenvalue weighted by Crippen LogP contribution is 2.36. The molecular weight excluding hydrogens is 182 g/mol. The molecule has 0 unspecified atom stereocenters. The van der Waals surface area contributed by atoms with E-state index in [0.29, 0.717) is 0 Å². The molecule has 0 amide bonds. The van der Waals surface area contributed by atoms with Crippen LogP contribution in [0, 0.1) is 0 Å². The van der Waals surface area contributed by atoms with Crippen molar-refractivity contribution < 1.29 is 0 Å². The quantitative estimate of drug-likeness (QED) is 0.713. The number of anilines is 2. The Bertz CT molecular complexity index is 319. The van der Waals surface area contributed by atoms with Crippen molar-refractivity contribution in [2.45, 2.75) is 19.9 Å². The molecular formula is C9H15N3S. The lowest BCUT2D eigenvalue weighted by molar-refractivity contribution is 0.272. The Morgan fingerprint density at radius 1 is 1.46 bits per heavy atom. The molecule has 4 N–H and O–H groups in total. The van der Waals surface area contributed by atoms with Crippen LogP contribution < -0.4 is 11.5 Å². The molecule has 13 heavy (non-hydrogen) atoms. The maximum Gasteiger partial charge on any atom is 0.110 e. The maximum absolute atomic E-state index is 5.88. The van der Waals surface area contributed by atoms with Gasteiger partial charge in [-0.3, -0.25) is 4.90 Å². The minimum Gasteiger partial charge on any atom is -0.396 e. The second kappa shape index (κ2) is 3.20. The van der Waals surface area contributed by atoms with E-state index in [9.17, 15) is 0 Å². The van der Waals surface area contributed by atoms with Gasteiger partial charge in [0.05, 0.1) is 5.69 Å². The van der Waals surface area contributed by atoms with Crippen LogP contribution in [0.15, 0.2) is 0 Å². The second-order valence-electron chi connectivity index (χ2n) is 3.40. The molecule has 0 saturated carbocycles. The zero-order chi connectivity index (χ0) is 9.42. The summed E-state index contributed by atoms with van der Waals surface area (Å²) < 4.78 is 0. The molecule has 0 saturated heterocycles. The first kappa shape index (κ1) is 8.84. The molecule has 0 radical (unpaired) electrons. The zero-order valence-electron chi connectivity index (χ0n) is 7.84. The fraction of sp³-hybridized carbons (Fsp3) is 0.556. The van der Waals surface area contributed by atoms with Gasteiger partial charge in [0.1, 0.15) is 5.00 Å². The van der Waals surface area contributed by atoms with Gasteiger partial charge in [-0.05, 0) is 18.5 Å². The van der Waals surface area contributed by atoms with Crippen LogP contribution in [-0.4, -0.2) is 18.0 Å². The zero-order valence-corrected chi connectivity index (χ0v) is 8.66. The number of nitrogens with two attached hydrogens (primary N) is 2. The molecule has 4 heteroatoms. The summed E-state index contributed by atoms with van der Waals surface area (Å²) in [6, 6.07) is 0. The van der Waals surface area contributed by atoms with Crippen LogP contribution >= 0.6 is 11.3 Å². The van der Waals surface area contributed by atoms with Crippen molar-refractivity contribution in [3.63, 3.8) is 0 Å². The highest BCUT2D eigenvalue weighted by Gasteiger charge is 2.20. The number of nitrogens with zero attached hydrogens (tertiary/aromatic N) is 1. The van der Waals surface area contributed by atoms with Crippen molar-refractivity contribution in [3.05, 3.63) is 10.4 Å². The lowest BCUT2D eigenvalue weighted by Crippen LogP contribution is -2.29. The van der Waals surface area contributed by atoms with E-state index in [1.807, 2.05) is 0 Å². The number of fused-ring (bicyclic) bond motifs is 1. The third-order valence-electron chi connectivity index (χ3n) is 2.65. The molecule has 72 valence electrons. The van der Waals surface area contributed by atoms with E-state index in [2.05, 4.69) is 11.8 Å². The van der Waals surface area contributed by atoms with Gasteiger partial charge >= 0.3 is 0 Å². The van der Waals surface area contributed by atoms with Crippen LogP contribution in [0.25, 0.3) is 0 Å². The smallest absolute Gasteiger partial charge is 0.110 e. The number of thiophene rings is 1. The molecule has 0 fully saturated rings. The standard InChI is InChI=1S/C9H15N3S/c1-2-12-4-3-6-7(5-12)13-9(11)8(6)10/h2-5,10-11H2,1H3. The maximum atomic E-state index is 5.88. The summed E-state index contributed by atoms with van der Waals surface area (Å²) in [6.07, 6.45) is 1.06. The molecule has 2 heterocycles. The summed E-state index contributed by atoms with van der Waals surface area (Å²) in [4.78, 5) is 3.78. The Kier molecular flexibility index (Phi) is 2.17. The Hall–Kier alpha value is -0.740. The van der Waals surface area contributed by atoms with Gasteiger partial charge in [0.15, 0.2) is 0 Å².